The molecule has 0 aliphatic carbocycles. The molecule has 0 bridgehead atoms. The van der Waals surface area contributed by atoms with Crippen LogP contribution >= 0.6 is 0 Å². The zero-order valence-electron chi connectivity index (χ0n) is 16.4. The second-order valence-corrected chi connectivity index (χ2v) is 7.36. The zero-order valence-corrected chi connectivity index (χ0v) is 16.4. The van der Waals surface area contributed by atoms with Gasteiger partial charge in [0.05, 0.1) is 5.71 Å². The maximum absolute atomic E-state index is 11.7. The van der Waals surface area contributed by atoms with E-state index >= 15 is 0 Å². The molecule has 0 saturated heterocycles. The Morgan fingerprint density at radius 1 is 1.14 bits per heavy atom. The lowest BCUT2D eigenvalue weighted by atomic mass is 9.89. The van der Waals surface area contributed by atoms with Crippen molar-refractivity contribution in [1.82, 2.24) is 10.4 Å². The van der Waals surface area contributed by atoms with Crippen LogP contribution < -0.4 is 10.3 Å². The van der Waals surface area contributed by atoms with Crippen molar-refractivity contribution in [2.45, 2.75) is 26.2 Å². The van der Waals surface area contributed by atoms with Gasteiger partial charge in [-0.3, -0.25) is 4.79 Å². The van der Waals surface area contributed by atoms with Gasteiger partial charge in [-0.05, 0) is 42.8 Å². The van der Waals surface area contributed by atoms with Crippen molar-refractivity contribution in [2.24, 2.45) is 11.0 Å². The largest absolute Gasteiger partial charge is 0.436 e. The van der Waals surface area contributed by atoms with Gasteiger partial charge in [-0.15, -0.1) is 0 Å². The number of hydrogen-bond acceptors (Lipinski definition) is 5. The number of anilines is 1. The minimum absolute atomic E-state index is 0.0219. The fourth-order valence-electron chi connectivity index (χ4n) is 3.58. The van der Waals surface area contributed by atoms with E-state index in [0.29, 0.717) is 12.3 Å². The summed E-state index contributed by atoms with van der Waals surface area (Å²) in [5.74, 6) is 0.713. The van der Waals surface area contributed by atoms with E-state index in [0.717, 1.165) is 46.5 Å². The first kappa shape index (κ1) is 18.2. The second kappa shape index (κ2) is 7.46. The van der Waals surface area contributed by atoms with Crippen LogP contribution in [0.4, 0.5) is 5.69 Å². The van der Waals surface area contributed by atoms with Gasteiger partial charge in [0.1, 0.15) is 5.52 Å². The monoisotopic (exact) mass is 376 g/mol. The Hall–Kier alpha value is -3.15. The SMILES string of the molecule is CCCC1CC(=O)NN=C1c1ccc2nc(-c3ccc(N(C)C)cc3)oc2c1. The summed E-state index contributed by atoms with van der Waals surface area (Å²) in [6.07, 6.45) is 2.42. The van der Waals surface area contributed by atoms with Crippen molar-refractivity contribution in [3.05, 3.63) is 48.0 Å². The number of benzene rings is 2. The number of carbonyl (C=O) groups is 1. The Morgan fingerprint density at radius 3 is 2.61 bits per heavy atom. The third kappa shape index (κ3) is 3.50. The standard InChI is InChI=1S/C22H24N4O2/c1-4-5-15-13-20(27)24-25-21(15)16-8-11-18-19(12-16)28-22(23-18)14-6-9-17(10-7-14)26(2)3/h6-12,15H,4-5,13H2,1-3H3,(H,24,27). The van der Waals surface area contributed by atoms with E-state index < -0.39 is 0 Å². The van der Waals surface area contributed by atoms with Gasteiger partial charge < -0.3 is 9.32 Å². The maximum Gasteiger partial charge on any atom is 0.240 e. The van der Waals surface area contributed by atoms with Gasteiger partial charge >= 0.3 is 0 Å². The molecule has 1 unspecified atom stereocenters. The summed E-state index contributed by atoms with van der Waals surface area (Å²) < 4.78 is 6.04. The van der Waals surface area contributed by atoms with E-state index in [9.17, 15) is 4.79 Å². The number of amides is 1. The number of hydrazone groups is 1. The summed E-state index contributed by atoms with van der Waals surface area (Å²) in [5, 5.41) is 4.33. The molecule has 0 fully saturated rings. The van der Waals surface area contributed by atoms with Crippen LogP contribution in [-0.4, -0.2) is 30.7 Å². The van der Waals surface area contributed by atoms with Crippen LogP contribution in [0.3, 0.4) is 0 Å². The molecule has 6 heteroatoms. The predicted octanol–water partition coefficient (Wildman–Crippen LogP) is 4.20. The second-order valence-electron chi connectivity index (χ2n) is 7.36. The van der Waals surface area contributed by atoms with Crippen LogP contribution in [-0.2, 0) is 4.79 Å². The first-order valence-electron chi connectivity index (χ1n) is 9.60. The van der Waals surface area contributed by atoms with E-state index in [1.165, 1.54) is 0 Å². The molecule has 1 N–H and O–H groups in total. The van der Waals surface area contributed by atoms with Gasteiger partial charge in [-0.2, -0.15) is 5.10 Å². The Bertz CT molecular complexity index is 1030. The van der Waals surface area contributed by atoms with Crippen LogP contribution in [0, 0.1) is 5.92 Å². The highest BCUT2D eigenvalue weighted by molar-refractivity contribution is 6.07. The molecule has 0 saturated carbocycles. The summed E-state index contributed by atoms with van der Waals surface area (Å²) in [5.41, 5.74) is 8.09. The van der Waals surface area contributed by atoms with Crippen molar-refractivity contribution < 1.29 is 9.21 Å². The maximum atomic E-state index is 11.7. The highest BCUT2D eigenvalue weighted by Crippen LogP contribution is 2.28. The number of hydrogen-bond donors (Lipinski definition) is 1. The topological polar surface area (TPSA) is 70.7 Å². The number of nitrogens with one attached hydrogen (secondary N) is 1. The lowest BCUT2D eigenvalue weighted by Crippen LogP contribution is -2.33. The van der Waals surface area contributed by atoms with Crippen molar-refractivity contribution in [1.29, 1.82) is 0 Å². The number of oxazole rings is 1. The lowest BCUT2D eigenvalue weighted by Gasteiger charge is -2.22. The number of carbonyl (C=O) groups excluding carboxylic acids is 1. The molecule has 0 spiro atoms. The zero-order chi connectivity index (χ0) is 19.7. The molecular weight excluding hydrogens is 352 g/mol. The summed E-state index contributed by atoms with van der Waals surface area (Å²) in [6.45, 7) is 2.12. The third-order valence-electron chi connectivity index (χ3n) is 5.07. The minimum atomic E-state index is -0.0219. The van der Waals surface area contributed by atoms with Gasteiger partial charge in [0.2, 0.25) is 11.8 Å². The lowest BCUT2D eigenvalue weighted by molar-refractivity contribution is -0.122. The van der Waals surface area contributed by atoms with Gasteiger partial charge in [-0.25, -0.2) is 10.4 Å². The third-order valence-corrected chi connectivity index (χ3v) is 5.07. The first-order chi connectivity index (χ1) is 13.5. The first-order valence-corrected chi connectivity index (χ1v) is 9.60. The van der Waals surface area contributed by atoms with Crippen molar-refractivity contribution in [3.63, 3.8) is 0 Å². The number of rotatable bonds is 5. The molecule has 0 radical (unpaired) electrons. The summed E-state index contributed by atoms with van der Waals surface area (Å²) >= 11 is 0. The van der Waals surface area contributed by atoms with Crippen LogP contribution in [0.5, 0.6) is 0 Å². The molecule has 2 heterocycles. The highest BCUT2D eigenvalue weighted by Gasteiger charge is 2.25. The Morgan fingerprint density at radius 2 is 1.89 bits per heavy atom. The summed E-state index contributed by atoms with van der Waals surface area (Å²) in [4.78, 5) is 18.4. The molecule has 144 valence electrons. The number of aromatic nitrogens is 1. The van der Waals surface area contributed by atoms with Gasteiger partial charge in [0.15, 0.2) is 5.58 Å². The Balaban J connectivity index is 1.67. The van der Waals surface area contributed by atoms with E-state index in [4.69, 9.17) is 4.42 Å². The molecule has 3 aromatic rings. The normalized spacial score (nSPS) is 16.8. The van der Waals surface area contributed by atoms with Gasteiger partial charge in [0.25, 0.3) is 0 Å². The van der Waals surface area contributed by atoms with Crippen molar-refractivity contribution in [3.8, 4) is 11.5 Å². The fraction of sp³-hybridized carbons (Fsp3) is 0.318. The molecule has 1 aliphatic rings. The predicted molar refractivity (Wildman–Crippen MR) is 111 cm³/mol. The number of nitrogens with zero attached hydrogens (tertiary/aromatic N) is 3. The summed E-state index contributed by atoms with van der Waals surface area (Å²) in [6, 6.07) is 14.0. The fourth-order valence-corrected chi connectivity index (χ4v) is 3.58. The molecule has 6 nitrogen and oxygen atoms in total. The molecule has 1 aliphatic heterocycles. The van der Waals surface area contributed by atoms with E-state index in [1.54, 1.807) is 0 Å². The van der Waals surface area contributed by atoms with Crippen molar-refractivity contribution >= 4 is 28.4 Å². The molecule has 28 heavy (non-hydrogen) atoms. The van der Waals surface area contributed by atoms with Crippen molar-refractivity contribution in [2.75, 3.05) is 19.0 Å². The van der Waals surface area contributed by atoms with E-state index in [-0.39, 0.29) is 11.8 Å². The highest BCUT2D eigenvalue weighted by atomic mass is 16.3. The molecule has 4 rings (SSSR count). The molecular formula is C22H24N4O2. The molecule has 2 aromatic carbocycles. The molecule has 1 amide bonds. The van der Waals surface area contributed by atoms with Gasteiger partial charge in [0, 0.05) is 43.2 Å². The van der Waals surface area contributed by atoms with Crippen LogP contribution in [0.2, 0.25) is 0 Å². The number of fused-ring (bicyclic) bond motifs is 1. The Labute approximate surface area is 164 Å². The van der Waals surface area contributed by atoms with Crippen LogP contribution in [0.25, 0.3) is 22.6 Å². The van der Waals surface area contributed by atoms with E-state index in [2.05, 4.69) is 27.3 Å². The smallest absolute Gasteiger partial charge is 0.240 e. The molecule has 1 aromatic heterocycles. The Kier molecular flexibility index (Phi) is 4.86. The minimum Gasteiger partial charge on any atom is -0.436 e. The van der Waals surface area contributed by atoms with Crippen LogP contribution in [0.15, 0.2) is 52.0 Å². The summed E-state index contributed by atoms with van der Waals surface area (Å²) in [7, 11) is 4.02. The van der Waals surface area contributed by atoms with Crippen LogP contribution in [0.1, 0.15) is 31.7 Å². The average molecular weight is 376 g/mol. The van der Waals surface area contributed by atoms with Gasteiger partial charge in [-0.1, -0.05) is 19.4 Å². The van der Waals surface area contributed by atoms with E-state index in [1.807, 2.05) is 56.6 Å². The quantitative estimate of drug-likeness (QED) is 0.724. The molecule has 1 atom stereocenters. The average Bonchev–Trinajstić information content (AvgIpc) is 3.12.